The molecule has 1 fully saturated rings. The Bertz CT molecular complexity index is 213. The van der Waals surface area contributed by atoms with Crippen LogP contribution >= 0.6 is 0 Å². The number of likely N-dealkylation sites (tertiary alicyclic amines) is 1. The van der Waals surface area contributed by atoms with E-state index < -0.39 is 0 Å². The highest BCUT2D eigenvalue weighted by Gasteiger charge is 2.26. The maximum atomic E-state index is 9.49. The van der Waals surface area contributed by atoms with E-state index in [0.29, 0.717) is 12.0 Å². The summed E-state index contributed by atoms with van der Waals surface area (Å²) in [6.45, 7) is 10.8. The first-order valence-corrected chi connectivity index (χ1v) is 7.04. The van der Waals surface area contributed by atoms with Crippen molar-refractivity contribution in [2.45, 2.75) is 52.6 Å². The quantitative estimate of drug-likeness (QED) is 0.791. The Balaban J connectivity index is 2.32. The molecule has 0 saturated carbocycles. The normalized spacial score (nSPS) is 25.6. The highest BCUT2D eigenvalue weighted by molar-refractivity contribution is 4.79. The Morgan fingerprint density at radius 1 is 1.29 bits per heavy atom. The van der Waals surface area contributed by atoms with Gasteiger partial charge in [-0.25, -0.2) is 0 Å². The highest BCUT2D eigenvalue weighted by atomic mass is 16.3. The molecule has 3 N–H and O–H groups in total. The average molecular weight is 242 g/mol. The van der Waals surface area contributed by atoms with Crippen molar-refractivity contribution in [3.05, 3.63) is 0 Å². The Hall–Kier alpha value is -0.120. The van der Waals surface area contributed by atoms with Crippen LogP contribution in [0.2, 0.25) is 0 Å². The van der Waals surface area contributed by atoms with Gasteiger partial charge in [0.1, 0.15) is 0 Å². The van der Waals surface area contributed by atoms with E-state index in [0.717, 1.165) is 18.9 Å². The molecule has 1 rings (SSSR count). The second-order valence-electron chi connectivity index (χ2n) is 6.51. The van der Waals surface area contributed by atoms with E-state index in [-0.39, 0.29) is 6.10 Å². The molecule has 3 heteroatoms. The first-order chi connectivity index (χ1) is 7.93. The van der Waals surface area contributed by atoms with Gasteiger partial charge in [0, 0.05) is 13.1 Å². The molecule has 0 aromatic carbocycles. The van der Waals surface area contributed by atoms with Crippen molar-refractivity contribution >= 4 is 0 Å². The van der Waals surface area contributed by atoms with Crippen molar-refractivity contribution in [1.29, 1.82) is 0 Å². The van der Waals surface area contributed by atoms with Crippen LogP contribution in [-0.4, -0.2) is 42.3 Å². The Kier molecular flexibility index (Phi) is 5.90. The number of nitrogens with two attached hydrogens (primary N) is 1. The van der Waals surface area contributed by atoms with Crippen LogP contribution < -0.4 is 5.73 Å². The number of hydrogen-bond acceptors (Lipinski definition) is 3. The topological polar surface area (TPSA) is 49.5 Å². The minimum Gasteiger partial charge on any atom is -0.392 e. The molecule has 0 amide bonds. The van der Waals surface area contributed by atoms with Crippen molar-refractivity contribution in [2.75, 3.05) is 26.2 Å². The summed E-state index contributed by atoms with van der Waals surface area (Å²) in [6.07, 6.45) is 4.43. The smallest absolute Gasteiger partial charge is 0.0674 e. The van der Waals surface area contributed by atoms with Crippen molar-refractivity contribution in [2.24, 2.45) is 17.1 Å². The summed E-state index contributed by atoms with van der Waals surface area (Å²) >= 11 is 0. The lowest BCUT2D eigenvalue weighted by Crippen LogP contribution is -2.31. The van der Waals surface area contributed by atoms with Crippen LogP contribution in [-0.2, 0) is 0 Å². The molecule has 0 aromatic rings. The summed E-state index contributed by atoms with van der Waals surface area (Å²) in [5.74, 6) is 0.840. The average Bonchev–Trinajstić information content (AvgIpc) is 2.50. The van der Waals surface area contributed by atoms with Gasteiger partial charge in [0.05, 0.1) is 6.10 Å². The molecule has 2 unspecified atom stereocenters. The highest BCUT2D eigenvalue weighted by Crippen LogP contribution is 2.34. The van der Waals surface area contributed by atoms with Gasteiger partial charge in [-0.05, 0) is 50.1 Å². The zero-order valence-corrected chi connectivity index (χ0v) is 11.8. The summed E-state index contributed by atoms with van der Waals surface area (Å²) in [4.78, 5) is 2.49. The molecule has 102 valence electrons. The van der Waals surface area contributed by atoms with Crippen LogP contribution in [0.15, 0.2) is 0 Å². The summed E-state index contributed by atoms with van der Waals surface area (Å²) in [7, 11) is 0. The Labute approximate surface area is 106 Å². The SMILES string of the molecule is CC(C)(C)C1CCCN(CCC(O)CN)CC1. The van der Waals surface area contributed by atoms with Crippen molar-refractivity contribution in [3.8, 4) is 0 Å². The number of aliphatic hydroxyl groups is 1. The molecule has 0 bridgehead atoms. The van der Waals surface area contributed by atoms with Gasteiger partial charge >= 0.3 is 0 Å². The molecular weight excluding hydrogens is 212 g/mol. The third-order valence-electron chi connectivity index (χ3n) is 4.10. The van der Waals surface area contributed by atoms with Gasteiger partial charge in [-0.3, -0.25) is 0 Å². The molecule has 1 aliphatic rings. The van der Waals surface area contributed by atoms with Crippen molar-refractivity contribution in [1.82, 2.24) is 4.90 Å². The van der Waals surface area contributed by atoms with Gasteiger partial charge in [-0.2, -0.15) is 0 Å². The van der Waals surface area contributed by atoms with Crippen molar-refractivity contribution < 1.29 is 5.11 Å². The Morgan fingerprint density at radius 3 is 2.59 bits per heavy atom. The van der Waals surface area contributed by atoms with Gasteiger partial charge in [-0.15, -0.1) is 0 Å². The lowest BCUT2D eigenvalue weighted by atomic mass is 9.77. The predicted octanol–water partition coefficient (Wildman–Crippen LogP) is 1.84. The lowest BCUT2D eigenvalue weighted by molar-refractivity contribution is 0.145. The Morgan fingerprint density at radius 2 is 2.00 bits per heavy atom. The molecule has 3 nitrogen and oxygen atoms in total. The van der Waals surface area contributed by atoms with Gasteiger partial charge in [0.15, 0.2) is 0 Å². The van der Waals surface area contributed by atoms with E-state index in [4.69, 9.17) is 5.73 Å². The molecule has 17 heavy (non-hydrogen) atoms. The molecule has 0 aromatic heterocycles. The zero-order valence-electron chi connectivity index (χ0n) is 11.8. The molecule has 0 spiro atoms. The molecule has 0 radical (unpaired) electrons. The van der Waals surface area contributed by atoms with Gasteiger partial charge < -0.3 is 15.7 Å². The van der Waals surface area contributed by atoms with Crippen LogP contribution in [0.1, 0.15) is 46.5 Å². The first-order valence-electron chi connectivity index (χ1n) is 7.04. The minimum absolute atomic E-state index is 0.323. The largest absolute Gasteiger partial charge is 0.392 e. The molecule has 1 aliphatic heterocycles. The standard InChI is InChI=1S/C14H30N2O/c1-14(2,3)12-5-4-8-16(9-6-12)10-7-13(17)11-15/h12-13,17H,4-11,15H2,1-3H3. The second-order valence-corrected chi connectivity index (χ2v) is 6.51. The number of rotatable bonds is 4. The van der Waals surface area contributed by atoms with Crippen LogP contribution in [0, 0.1) is 11.3 Å². The van der Waals surface area contributed by atoms with Gasteiger partial charge in [0.25, 0.3) is 0 Å². The predicted molar refractivity (Wildman–Crippen MR) is 72.9 cm³/mol. The maximum Gasteiger partial charge on any atom is 0.0674 e. The maximum absolute atomic E-state index is 9.49. The van der Waals surface area contributed by atoms with Gasteiger partial charge in [-0.1, -0.05) is 20.8 Å². The number of aliphatic hydroxyl groups excluding tert-OH is 1. The number of hydrogen-bond donors (Lipinski definition) is 2. The van der Waals surface area contributed by atoms with E-state index in [1.54, 1.807) is 0 Å². The van der Waals surface area contributed by atoms with E-state index in [1.807, 2.05) is 0 Å². The fourth-order valence-electron chi connectivity index (χ4n) is 2.69. The fraction of sp³-hybridized carbons (Fsp3) is 1.00. The molecular formula is C14H30N2O. The van der Waals surface area contributed by atoms with E-state index in [2.05, 4.69) is 25.7 Å². The van der Waals surface area contributed by atoms with E-state index in [1.165, 1.54) is 32.4 Å². The third-order valence-corrected chi connectivity index (χ3v) is 4.10. The van der Waals surface area contributed by atoms with Crippen LogP contribution in [0.3, 0.4) is 0 Å². The minimum atomic E-state index is -0.323. The summed E-state index contributed by atoms with van der Waals surface area (Å²) in [5, 5.41) is 9.49. The fourth-order valence-corrected chi connectivity index (χ4v) is 2.69. The molecule has 2 atom stereocenters. The summed E-state index contributed by atoms with van der Waals surface area (Å²) in [5.41, 5.74) is 5.87. The van der Waals surface area contributed by atoms with Crippen molar-refractivity contribution in [3.63, 3.8) is 0 Å². The summed E-state index contributed by atoms with van der Waals surface area (Å²) in [6, 6.07) is 0. The summed E-state index contributed by atoms with van der Waals surface area (Å²) < 4.78 is 0. The second kappa shape index (κ2) is 6.72. The zero-order chi connectivity index (χ0) is 12.9. The monoisotopic (exact) mass is 242 g/mol. The van der Waals surface area contributed by atoms with E-state index >= 15 is 0 Å². The lowest BCUT2D eigenvalue weighted by Gasteiger charge is -2.29. The van der Waals surface area contributed by atoms with E-state index in [9.17, 15) is 5.11 Å². The van der Waals surface area contributed by atoms with Crippen LogP contribution in [0.5, 0.6) is 0 Å². The van der Waals surface area contributed by atoms with Crippen LogP contribution in [0.4, 0.5) is 0 Å². The molecule has 1 saturated heterocycles. The number of nitrogens with zero attached hydrogens (tertiary/aromatic N) is 1. The molecule has 1 heterocycles. The molecule has 0 aliphatic carbocycles. The third kappa shape index (κ3) is 5.36. The first kappa shape index (κ1) is 14.9. The van der Waals surface area contributed by atoms with Crippen LogP contribution in [0.25, 0.3) is 0 Å². The van der Waals surface area contributed by atoms with Gasteiger partial charge in [0.2, 0.25) is 0 Å².